The Hall–Kier alpha value is -1.85. The monoisotopic (exact) mass is 224 g/mol. The molecule has 1 rings (SSSR count). The quantitative estimate of drug-likeness (QED) is 0.798. The second kappa shape index (κ2) is 5.29. The van der Waals surface area contributed by atoms with Crippen LogP contribution >= 0.6 is 0 Å². The third kappa shape index (κ3) is 3.38. The molecule has 0 aromatic carbocycles. The second-order valence-electron chi connectivity index (χ2n) is 3.99. The summed E-state index contributed by atoms with van der Waals surface area (Å²) in [5, 5.41) is 0. The van der Waals surface area contributed by atoms with Crippen LogP contribution in [0.2, 0.25) is 0 Å². The van der Waals surface area contributed by atoms with E-state index < -0.39 is 5.91 Å². The first-order valence-corrected chi connectivity index (χ1v) is 5.06. The number of carbonyl (C=O) groups excluding carboxylic acids is 2. The van der Waals surface area contributed by atoms with Crippen LogP contribution in [0.3, 0.4) is 0 Å². The number of hydrogen-bond acceptors (Lipinski definition) is 3. The fraction of sp³-hybridized carbons (Fsp3) is 0.500. The van der Waals surface area contributed by atoms with Crippen molar-refractivity contribution in [2.45, 2.75) is 13.8 Å². The normalized spacial score (nSPS) is 10.4. The van der Waals surface area contributed by atoms with Gasteiger partial charge in [-0.05, 0) is 5.92 Å². The second-order valence-corrected chi connectivity index (χ2v) is 3.99. The summed E-state index contributed by atoms with van der Waals surface area (Å²) in [6.07, 6.45) is 4.45. The Morgan fingerprint density at radius 2 is 2.19 bits per heavy atom. The molecule has 0 aliphatic rings. The van der Waals surface area contributed by atoms with E-state index in [4.69, 9.17) is 5.73 Å². The topological polar surface area (TPSA) is 81.2 Å². The molecule has 0 aliphatic carbocycles. The minimum Gasteiger partial charge on any atom is -0.368 e. The number of carbonyl (C=O) groups is 2. The van der Waals surface area contributed by atoms with Gasteiger partial charge in [-0.15, -0.1) is 0 Å². The zero-order valence-electron chi connectivity index (χ0n) is 9.46. The van der Waals surface area contributed by atoms with Gasteiger partial charge in [0.05, 0.1) is 0 Å². The molecule has 2 amide bonds. The van der Waals surface area contributed by atoms with Gasteiger partial charge in [0, 0.05) is 18.9 Å². The van der Waals surface area contributed by atoms with E-state index >= 15 is 0 Å². The van der Waals surface area contributed by atoms with Crippen LogP contribution in [0.25, 0.3) is 0 Å². The zero-order chi connectivity index (χ0) is 12.1. The summed E-state index contributed by atoms with van der Waals surface area (Å²) in [4.78, 5) is 28.0. The van der Waals surface area contributed by atoms with Gasteiger partial charge >= 0.3 is 6.03 Å². The fourth-order valence-corrected chi connectivity index (χ4v) is 1.37. The predicted octanol–water partition coefficient (Wildman–Crippen LogP) is 0.294. The predicted molar refractivity (Wildman–Crippen MR) is 58.6 cm³/mol. The standard InChI is InChI=1S/C10H16N4O2/c1-8(2)5-14(6-9(11)15)10(16)13-4-3-12-7-13/h3-4,7-8H,5-6H2,1-2H3,(H2,11,15). The molecule has 1 heterocycles. The number of hydrogen-bond donors (Lipinski definition) is 1. The molecule has 0 unspecified atom stereocenters. The summed E-state index contributed by atoms with van der Waals surface area (Å²) in [5.74, 6) is -0.249. The van der Waals surface area contributed by atoms with Crippen molar-refractivity contribution in [3.8, 4) is 0 Å². The molecular formula is C10H16N4O2. The van der Waals surface area contributed by atoms with Crippen LogP contribution in [0.5, 0.6) is 0 Å². The van der Waals surface area contributed by atoms with Crippen LogP contribution in [0, 0.1) is 5.92 Å². The van der Waals surface area contributed by atoms with Crippen molar-refractivity contribution in [3.63, 3.8) is 0 Å². The molecule has 6 nitrogen and oxygen atoms in total. The molecule has 0 bridgehead atoms. The van der Waals surface area contributed by atoms with Gasteiger partial charge in [-0.25, -0.2) is 9.78 Å². The van der Waals surface area contributed by atoms with E-state index in [-0.39, 0.29) is 18.5 Å². The maximum atomic E-state index is 11.9. The molecule has 6 heteroatoms. The summed E-state index contributed by atoms with van der Waals surface area (Å²) in [6.45, 7) is 4.35. The summed E-state index contributed by atoms with van der Waals surface area (Å²) in [5.41, 5.74) is 5.10. The SMILES string of the molecule is CC(C)CN(CC(N)=O)C(=O)n1ccnc1. The minimum atomic E-state index is -0.519. The summed E-state index contributed by atoms with van der Waals surface area (Å²) >= 11 is 0. The van der Waals surface area contributed by atoms with Crippen LogP contribution in [-0.2, 0) is 4.79 Å². The minimum absolute atomic E-state index is 0.0742. The Kier molecular flexibility index (Phi) is 4.04. The van der Waals surface area contributed by atoms with Crippen LogP contribution in [0.4, 0.5) is 4.79 Å². The van der Waals surface area contributed by atoms with Crippen LogP contribution in [0.1, 0.15) is 13.8 Å². The third-order valence-electron chi connectivity index (χ3n) is 1.93. The van der Waals surface area contributed by atoms with Gasteiger partial charge in [0.15, 0.2) is 0 Å². The largest absolute Gasteiger partial charge is 0.368 e. The highest BCUT2D eigenvalue weighted by molar-refractivity contribution is 5.83. The molecule has 88 valence electrons. The molecule has 0 radical (unpaired) electrons. The van der Waals surface area contributed by atoms with Crippen LogP contribution < -0.4 is 5.73 Å². The van der Waals surface area contributed by atoms with Gasteiger partial charge in [0.1, 0.15) is 12.9 Å². The molecule has 1 aromatic rings. The number of amides is 2. The molecule has 0 saturated heterocycles. The Balaban J connectivity index is 2.75. The summed E-state index contributed by atoms with van der Waals surface area (Å²) < 4.78 is 1.32. The van der Waals surface area contributed by atoms with E-state index in [0.717, 1.165) is 0 Å². The van der Waals surface area contributed by atoms with E-state index in [9.17, 15) is 9.59 Å². The Labute approximate surface area is 94.0 Å². The van der Waals surface area contributed by atoms with Gasteiger partial charge in [-0.2, -0.15) is 0 Å². The first kappa shape index (κ1) is 12.2. The molecule has 16 heavy (non-hydrogen) atoms. The highest BCUT2D eigenvalue weighted by atomic mass is 16.2. The van der Waals surface area contributed by atoms with E-state index in [0.29, 0.717) is 6.54 Å². The van der Waals surface area contributed by atoms with E-state index in [1.54, 1.807) is 0 Å². The van der Waals surface area contributed by atoms with Crippen molar-refractivity contribution >= 4 is 11.9 Å². The average molecular weight is 224 g/mol. The van der Waals surface area contributed by atoms with Gasteiger partial charge in [0.2, 0.25) is 5.91 Å². The molecule has 0 aliphatic heterocycles. The Bertz CT molecular complexity index is 359. The molecule has 0 spiro atoms. The van der Waals surface area contributed by atoms with Crippen molar-refractivity contribution in [2.75, 3.05) is 13.1 Å². The number of nitrogens with two attached hydrogens (primary N) is 1. The van der Waals surface area contributed by atoms with E-state index in [1.807, 2.05) is 13.8 Å². The number of aromatic nitrogens is 2. The molecule has 0 fully saturated rings. The molecule has 0 atom stereocenters. The first-order valence-electron chi connectivity index (χ1n) is 5.06. The highest BCUT2D eigenvalue weighted by Gasteiger charge is 2.18. The first-order chi connectivity index (χ1) is 7.50. The average Bonchev–Trinajstić information content (AvgIpc) is 2.66. The van der Waals surface area contributed by atoms with Crippen molar-refractivity contribution < 1.29 is 9.59 Å². The van der Waals surface area contributed by atoms with Gasteiger partial charge < -0.3 is 10.6 Å². The van der Waals surface area contributed by atoms with Gasteiger partial charge in [0.25, 0.3) is 0 Å². The Morgan fingerprint density at radius 1 is 1.50 bits per heavy atom. The Morgan fingerprint density at radius 3 is 2.62 bits per heavy atom. The lowest BCUT2D eigenvalue weighted by molar-refractivity contribution is -0.118. The third-order valence-corrected chi connectivity index (χ3v) is 1.93. The number of nitrogens with zero attached hydrogens (tertiary/aromatic N) is 3. The molecular weight excluding hydrogens is 208 g/mol. The van der Waals surface area contributed by atoms with E-state index in [1.165, 1.54) is 28.2 Å². The summed E-state index contributed by atoms with van der Waals surface area (Å²) in [7, 11) is 0. The highest BCUT2D eigenvalue weighted by Crippen LogP contribution is 2.02. The smallest absolute Gasteiger partial charge is 0.329 e. The number of primary amides is 1. The molecule has 1 aromatic heterocycles. The van der Waals surface area contributed by atoms with Crippen LogP contribution in [-0.4, -0.2) is 39.5 Å². The lowest BCUT2D eigenvalue weighted by Gasteiger charge is -2.22. The molecule has 0 saturated carbocycles. The van der Waals surface area contributed by atoms with E-state index in [2.05, 4.69) is 4.98 Å². The van der Waals surface area contributed by atoms with Gasteiger partial charge in [-0.3, -0.25) is 9.36 Å². The van der Waals surface area contributed by atoms with Gasteiger partial charge in [-0.1, -0.05) is 13.8 Å². The zero-order valence-corrected chi connectivity index (χ0v) is 9.46. The number of rotatable bonds is 4. The van der Waals surface area contributed by atoms with Crippen molar-refractivity contribution in [1.82, 2.24) is 14.5 Å². The van der Waals surface area contributed by atoms with Crippen molar-refractivity contribution in [3.05, 3.63) is 18.7 Å². The lowest BCUT2D eigenvalue weighted by Crippen LogP contribution is -2.42. The van der Waals surface area contributed by atoms with Crippen molar-refractivity contribution in [1.29, 1.82) is 0 Å². The maximum Gasteiger partial charge on any atom is 0.329 e. The van der Waals surface area contributed by atoms with Crippen molar-refractivity contribution in [2.24, 2.45) is 11.7 Å². The number of imidazole rings is 1. The maximum absolute atomic E-state index is 11.9. The fourth-order valence-electron chi connectivity index (χ4n) is 1.37. The lowest BCUT2D eigenvalue weighted by atomic mass is 10.2. The van der Waals surface area contributed by atoms with Crippen LogP contribution in [0.15, 0.2) is 18.7 Å². The summed E-state index contributed by atoms with van der Waals surface area (Å²) in [6, 6.07) is -0.287. The molecule has 2 N–H and O–H groups in total.